The molecule has 1 atom stereocenters. The summed E-state index contributed by atoms with van der Waals surface area (Å²) in [7, 11) is -3.43. The van der Waals surface area contributed by atoms with E-state index < -0.39 is 15.9 Å². The average Bonchev–Trinajstić information content (AvgIpc) is 2.41. The lowest BCUT2D eigenvalue weighted by Gasteiger charge is -2.30. The number of anilines is 1. The molecule has 0 aromatic heterocycles. The van der Waals surface area contributed by atoms with Gasteiger partial charge in [0.15, 0.2) is 0 Å². The molecule has 1 fully saturated rings. The highest BCUT2D eigenvalue weighted by Gasteiger charge is 2.31. The maximum Gasteiger partial charge on any atom is 0.221 e. The molecule has 1 aromatic rings. The lowest BCUT2D eigenvalue weighted by atomic mass is 9.99. The Bertz CT molecular complexity index is 583. The van der Waals surface area contributed by atoms with Crippen LogP contribution in [0.4, 0.5) is 5.69 Å². The number of rotatable bonds is 4. The van der Waals surface area contributed by atoms with Gasteiger partial charge in [-0.05, 0) is 30.5 Å². The van der Waals surface area contributed by atoms with Gasteiger partial charge in [-0.1, -0.05) is 12.1 Å². The third-order valence-corrected chi connectivity index (χ3v) is 5.33. The van der Waals surface area contributed by atoms with Crippen LogP contribution in [0.25, 0.3) is 0 Å². The Morgan fingerprint density at radius 1 is 1.30 bits per heavy atom. The van der Waals surface area contributed by atoms with Gasteiger partial charge >= 0.3 is 0 Å². The molecule has 20 heavy (non-hydrogen) atoms. The van der Waals surface area contributed by atoms with E-state index in [0.29, 0.717) is 30.6 Å². The molecule has 2 rings (SSSR count). The third kappa shape index (κ3) is 3.49. The Hall–Kier alpha value is -1.60. The first kappa shape index (κ1) is 14.8. The highest BCUT2D eigenvalue weighted by Crippen LogP contribution is 2.21. The lowest BCUT2D eigenvalue weighted by molar-refractivity contribution is -0.122. The van der Waals surface area contributed by atoms with Crippen molar-refractivity contribution < 1.29 is 13.2 Å². The number of sulfonamides is 1. The molecule has 1 aliphatic heterocycles. The van der Waals surface area contributed by atoms with Gasteiger partial charge in [0.25, 0.3) is 0 Å². The van der Waals surface area contributed by atoms with Crippen molar-refractivity contribution in [3.63, 3.8) is 0 Å². The second-order valence-corrected chi connectivity index (χ2v) is 7.07. The van der Waals surface area contributed by atoms with Crippen LogP contribution in [-0.2, 0) is 20.6 Å². The Morgan fingerprint density at radius 2 is 1.95 bits per heavy atom. The average molecular weight is 297 g/mol. The molecule has 0 spiro atoms. The first-order valence-corrected chi connectivity index (χ1v) is 8.11. The number of primary amides is 1. The fraction of sp³-hybridized carbons (Fsp3) is 0.462. The molecular weight excluding hydrogens is 278 g/mol. The molecule has 0 saturated carbocycles. The fourth-order valence-electron chi connectivity index (χ4n) is 2.34. The molecular formula is C13H19N3O3S. The van der Waals surface area contributed by atoms with Gasteiger partial charge in [-0.2, -0.15) is 0 Å². The van der Waals surface area contributed by atoms with E-state index in [1.54, 1.807) is 24.3 Å². The quantitative estimate of drug-likeness (QED) is 0.779. The molecule has 1 aromatic carbocycles. The summed E-state index contributed by atoms with van der Waals surface area (Å²) < 4.78 is 26.1. The Labute approximate surface area is 118 Å². The number of piperidine rings is 1. The normalized spacial score (nSPS) is 20.7. The summed E-state index contributed by atoms with van der Waals surface area (Å²) in [5, 5.41) is 0. The molecule has 1 heterocycles. The van der Waals surface area contributed by atoms with E-state index in [1.165, 1.54) is 4.31 Å². The van der Waals surface area contributed by atoms with Gasteiger partial charge in [0.2, 0.25) is 15.9 Å². The first-order chi connectivity index (χ1) is 9.38. The Kier molecular flexibility index (Phi) is 4.29. The van der Waals surface area contributed by atoms with Gasteiger partial charge in [-0.25, -0.2) is 12.7 Å². The molecule has 1 aliphatic rings. The summed E-state index contributed by atoms with van der Waals surface area (Å²) in [5.41, 5.74) is 12.1. The SMILES string of the molecule is NC(=O)C1CCCN(S(=O)(=O)Cc2ccc(N)cc2)C1. The van der Waals surface area contributed by atoms with Crippen molar-refractivity contribution in [2.75, 3.05) is 18.8 Å². The lowest BCUT2D eigenvalue weighted by Crippen LogP contribution is -2.44. The van der Waals surface area contributed by atoms with Gasteiger partial charge in [-0.15, -0.1) is 0 Å². The zero-order valence-corrected chi connectivity index (χ0v) is 12.0. The second-order valence-electron chi connectivity index (χ2n) is 5.10. The van der Waals surface area contributed by atoms with E-state index in [0.717, 1.165) is 0 Å². The minimum Gasteiger partial charge on any atom is -0.399 e. The van der Waals surface area contributed by atoms with Crippen LogP contribution in [0, 0.1) is 5.92 Å². The molecule has 1 saturated heterocycles. The number of amides is 1. The number of hydrogen-bond donors (Lipinski definition) is 2. The number of carbonyl (C=O) groups is 1. The van der Waals surface area contributed by atoms with E-state index in [4.69, 9.17) is 11.5 Å². The highest BCUT2D eigenvalue weighted by atomic mass is 32.2. The van der Waals surface area contributed by atoms with E-state index in [2.05, 4.69) is 0 Å². The molecule has 7 heteroatoms. The van der Waals surface area contributed by atoms with E-state index in [1.807, 2.05) is 0 Å². The van der Waals surface area contributed by atoms with Gasteiger partial charge in [0.1, 0.15) is 0 Å². The van der Waals surface area contributed by atoms with Crippen molar-refractivity contribution in [3.8, 4) is 0 Å². The van der Waals surface area contributed by atoms with Gasteiger partial charge in [0, 0.05) is 18.8 Å². The zero-order chi connectivity index (χ0) is 14.8. The predicted octanol–water partition coefficient (Wildman–Crippen LogP) is 0.296. The molecule has 0 radical (unpaired) electrons. The van der Waals surface area contributed by atoms with Crippen LogP contribution < -0.4 is 11.5 Å². The first-order valence-electron chi connectivity index (χ1n) is 6.50. The number of nitrogens with zero attached hydrogens (tertiary/aromatic N) is 1. The van der Waals surface area contributed by atoms with Gasteiger partial charge in [-0.3, -0.25) is 4.79 Å². The summed E-state index contributed by atoms with van der Waals surface area (Å²) in [6.07, 6.45) is 1.32. The van der Waals surface area contributed by atoms with Crippen molar-refractivity contribution in [1.29, 1.82) is 0 Å². The molecule has 0 bridgehead atoms. The summed E-state index contributed by atoms with van der Waals surface area (Å²) in [5.74, 6) is -0.902. The standard InChI is InChI=1S/C13H19N3O3S/c14-12-5-3-10(4-6-12)9-20(18,19)16-7-1-2-11(8-16)13(15)17/h3-6,11H,1-2,7-9,14H2,(H2,15,17). The number of hydrogen-bond acceptors (Lipinski definition) is 4. The summed E-state index contributed by atoms with van der Waals surface area (Å²) in [6, 6.07) is 6.74. The van der Waals surface area contributed by atoms with Crippen molar-refractivity contribution in [3.05, 3.63) is 29.8 Å². The van der Waals surface area contributed by atoms with Crippen molar-refractivity contribution >= 4 is 21.6 Å². The summed E-state index contributed by atoms with van der Waals surface area (Å²) in [4.78, 5) is 11.2. The van der Waals surface area contributed by atoms with Crippen LogP contribution in [0.1, 0.15) is 18.4 Å². The van der Waals surface area contributed by atoms with Crippen LogP contribution in [0.2, 0.25) is 0 Å². The van der Waals surface area contributed by atoms with Crippen molar-refractivity contribution in [2.45, 2.75) is 18.6 Å². The van der Waals surface area contributed by atoms with Crippen LogP contribution in [0.3, 0.4) is 0 Å². The van der Waals surface area contributed by atoms with Crippen LogP contribution in [0.5, 0.6) is 0 Å². The smallest absolute Gasteiger partial charge is 0.221 e. The second kappa shape index (κ2) is 5.80. The molecule has 1 amide bonds. The minimum absolute atomic E-state index is 0.0846. The number of benzene rings is 1. The number of carbonyl (C=O) groups excluding carboxylic acids is 1. The van der Waals surface area contributed by atoms with Crippen molar-refractivity contribution in [2.24, 2.45) is 11.7 Å². The number of nitrogen functional groups attached to an aromatic ring is 1. The van der Waals surface area contributed by atoms with Crippen LogP contribution in [-0.4, -0.2) is 31.7 Å². The molecule has 0 aliphatic carbocycles. The van der Waals surface area contributed by atoms with Gasteiger partial charge in [0.05, 0.1) is 11.7 Å². The predicted molar refractivity (Wildman–Crippen MR) is 77.0 cm³/mol. The van der Waals surface area contributed by atoms with Gasteiger partial charge < -0.3 is 11.5 Å². The topological polar surface area (TPSA) is 106 Å². The highest BCUT2D eigenvalue weighted by molar-refractivity contribution is 7.88. The zero-order valence-electron chi connectivity index (χ0n) is 11.2. The Balaban J connectivity index is 2.09. The number of nitrogens with two attached hydrogens (primary N) is 2. The minimum atomic E-state index is -3.43. The van der Waals surface area contributed by atoms with E-state index in [9.17, 15) is 13.2 Å². The Morgan fingerprint density at radius 3 is 2.55 bits per heavy atom. The van der Waals surface area contributed by atoms with Crippen molar-refractivity contribution in [1.82, 2.24) is 4.31 Å². The van der Waals surface area contributed by atoms with E-state index >= 15 is 0 Å². The molecule has 1 unspecified atom stereocenters. The maximum atomic E-state index is 12.4. The maximum absolute atomic E-state index is 12.4. The third-order valence-electron chi connectivity index (χ3n) is 3.51. The molecule has 6 nitrogen and oxygen atoms in total. The molecule has 110 valence electrons. The summed E-state index contributed by atoms with van der Waals surface area (Å²) in [6.45, 7) is 0.633. The fourth-order valence-corrected chi connectivity index (χ4v) is 3.95. The largest absolute Gasteiger partial charge is 0.399 e. The van der Waals surface area contributed by atoms with Crippen LogP contribution in [0.15, 0.2) is 24.3 Å². The molecule has 4 N–H and O–H groups in total. The monoisotopic (exact) mass is 297 g/mol. The summed E-state index contributed by atoms with van der Waals surface area (Å²) >= 11 is 0. The van der Waals surface area contributed by atoms with Crippen LogP contribution >= 0.6 is 0 Å². The van der Waals surface area contributed by atoms with E-state index in [-0.39, 0.29) is 18.2 Å².